The number of piperidine rings is 1. The predicted octanol–water partition coefficient (Wildman–Crippen LogP) is 3.57. The van der Waals surface area contributed by atoms with E-state index >= 15 is 4.39 Å². The van der Waals surface area contributed by atoms with Gasteiger partial charge in [0.2, 0.25) is 11.9 Å². The fourth-order valence-electron chi connectivity index (χ4n) is 5.35. The van der Waals surface area contributed by atoms with Crippen molar-refractivity contribution < 1.29 is 18.7 Å². The number of nitrogens with one attached hydrogen (secondary N) is 1. The van der Waals surface area contributed by atoms with Crippen molar-refractivity contribution in [2.75, 3.05) is 57.6 Å². The molecule has 11 heteroatoms. The number of nitrogen functional groups attached to an aromatic ring is 1. The van der Waals surface area contributed by atoms with Crippen molar-refractivity contribution >= 4 is 41.0 Å². The van der Waals surface area contributed by atoms with Gasteiger partial charge in [-0.05, 0) is 43.5 Å². The molecule has 0 aliphatic carbocycles. The van der Waals surface area contributed by atoms with E-state index in [2.05, 4.69) is 15.3 Å². The minimum atomic E-state index is -0.654. The largest absolute Gasteiger partial charge is 0.493 e. The number of methoxy groups -OCH3 is 2. The average Bonchev–Trinajstić information content (AvgIpc) is 2.94. The zero-order valence-electron chi connectivity index (χ0n) is 21.7. The van der Waals surface area contributed by atoms with E-state index in [9.17, 15) is 4.79 Å². The number of carbonyl (C=O) groups is 1. The molecule has 38 heavy (non-hydrogen) atoms. The van der Waals surface area contributed by atoms with Crippen molar-refractivity contribution in [2.45, 2.75) is 25.3 Å². The van der Waals surface area contributed by atoms with E-state index in [4.69, 9.17) is 15.2 Å². The van der Waals surface area contributed by atoms with E-state index in [-0.39, 0.29) is 47.2 Å². The van der Waals surface area contributed by atoms with Crippen LogP contribution in [0.3, 0.4) is 0 Å². The predicted molar refractivity (Wildman–Crippen MR) is 148 cm³/mol. The fourth-order valence-corrected chi connectivity index (χ4v) is 5.35. The Bertz CT molecular complexity index is 1270. The SMILES string of the molecule is COc1cc2c(N)nc(N3CCN(C(=O)C[C@@H]4CCCNC4)C[C@@H]3c3ccccc3)nc2c(F)c1OC.Cl. The number of hydrogen-bond acceptors (Lipinski definition) is 8. The molecule has 2 aromatic carbocycles. The molecule has 0 bridgehead atoms. The molecule has 0 spiro atoms. The molecule has 2 saturated heterocycles. The number of benzene rings is 2. The number of halogens is 2. The molecular weight excluding hydrogens is 511 g/mol. The molecule has 5 rings (SSSR count). The first kappa shape index (κ1) is 27.7. The number of rotatable bonds is 6. The van der Waals surface area contributed by atoms with Crippen LogP contribution >= 0.6 is 12.4 Å². The summed E-state index contributed by atoms with van der Waals surface area (Å²) < 4.78 is 25.9. The lowest BCUT2D eigenvalue weighted by atomic mass is 9.95. The number of carbonyl (C=O) groups excluding carboxylic acids is 1. The molecule has 2 fully saturated rings. The molecule has 2 aliphatic heterocycles. The summed E-state index contributed by atoms with van der Waals surface area (Å²) in [5, 5.41) is 3.74. The van der Waals surface area contributed by atoms with Crippen LogP contribution in [0.5, 0.6) is 11.5 Å². The zero-order chi connectivity index (χ0) is 25.9. The number of hydrogen-bond donors (Lipinski definition) is 2. The smallest absolute Gasteiger partial charge is 0.228 e. The monoisotopic (exact) mass is 544 g/mol. The number of amides is 1. The van der Waals surface area contributed by atoms with Gasteiger partial charge in [0.15, 0.2) is 17.3 Å². The summed E-state index contributed by atoms with van der Waals surface area (Å²) in [4.78, 5) is 26.3. The highest BCUT2D eigenvalue weighted by atomic mass is 35.5. The van der Waals surface area contributed by atoms with Crippen molar-refractivity contribution in [1.82, 2.24) is 20.2 Å². The molecule has 1 aromatic heterocycles. The van der Waals surface area contributed by atoms with Crippen LogP contribution < -0.4 is 25.4 Å². The highest BCUT2D eigenvalue weighted by molar-refractivity contribution is 5.92. The molecule has 0 radical (unpaired) electrons. The summed E-state index contributed by atoms with van der Waals surface area (Å²) >= 11 is 0. The van der Waals surface area contributed by atoms with Crippen LogP contribution in [0.15, 0.2) is 36.4 Å². The number of nitrogens with zero attached hydrogens (tertiary/aromatic N) is 4. The number of fused-ring (bicyclic) bond motifs is 1. The van der Waals surface area contributed by atoms with Crippen LogP contribution in [0, 0.1) is 11.7 Å². The Balaban J connectivity index is 0.00000336. The van der Waals surface area contributed by atoms with Gasteiger partial charge in [0.25, 0.3) is 0 Å². The van der Waals surface area contributed by atoms with Gasteiger partial charge < -0.3 is 30.3 Å². The lowest BCUT2D eigenvalue weighted by Gasteiger charge is -2.42. The summed E-state index contributed by atoms with van der Waals surface area (Å²) in [6.07, 6.45) is 2.72. The minimum Gasteiger partial charge on any atom is -0.493 e. The first-order valence-electron chi connectivity index (χ1n) is 12.7. The summed E-state index contributed by atoms with van der Waals surface area (Å²) in [6, 6.07) is 11.3. The van der Waals surface area contributed by atoms with E-state index in [1.54, 1.807) is 6.07 Å². The van der Waals surface area contributed by atoms with Crippen LogP contribution in [0.2, 0.25) is 0 Å². The molecular formula is C27H34ClFN6O3. The summed E-state index contributed by atoms with van der Waals surface area (Å²) in [5.41, 5.74) is 7.39. The average molecular weight is 545 g/mol. The Labute approximate surface area is 227 Å². The fraction of sp³-hybridized carbons (Fsp3) is 0.444. The molecule has 3 aromatic rings. The number of aromatic nitrogens is 2. The van der Waals surface area contributed by atoms with Crippen LogP contribution in [-0.2, 0) is 4.79 Å². The Kier molecular flexibility index (Phi) is 8.73. The maximum Gasteiger partial charge on any atom is 0.228 e. The van der Waals surface area contributed by atoms with Crippen LogP contribution in [0.25, 0.3) is 10.9 Å². The molecule has 2 aliphatic rings. The van der Waals surface area contributed by atoms with E-state index in [0.717, 1.165) is 31.5 Å². The molecule has 9 nitrogen and oxygen atoms in total. The third-order valence-electron chi connectivity index (χ3n) is 7.33. The van der Waals surface area contributed by atoms with Gasteiger partial charge in [-0.15, -0.1) is 12.4 Å². The van der Waals surface area contributed by atoms with E-state index in [0.29, 0.717) is 43.3 Å². The second-order valence-electron chi connectivity index (χ2n) is 9.61. The van der Waals surface area contributed by atoms with E-state index in [1.807, 2.05) is 40.1 Å². The van der Waals surface area contributed by atoms with Crippen molar-refractivity contribution in [1.29, 1.82) is 0 Å². The van der Waals surface area contributed by atoms with Gasteiger partial charge in [-0.3, -0.25) is 4.79 Å². The first-order valence-corrected chi connectivity index (χ1v) is 12.7. The standard InChI is InChI=1S/C27H33FN6O3.ClH/c1-36-21-14-19-24(23(28)25(21)37-2)31-27(32-26(19)29)34-12-11-33(16-20(34)18-8-4-3-5-9-18)22(35)13-17-7-6-10-30-15-17;/h3-5,8-9,14,17,20,30H,6-7,10-13,15-16H2,1-2H3,(H2,29,31,32);1H/t17-,20+;/m0./s1. The summed E-state index contributed by atoms with van der Waals surface area (Å²) in [7, 11) is 2.81. The van der Waals surface area contributed by atoms with E-state index in [1.165, 1.54) is 14.2 Å². The molecule has 0 saturated carbocycles. The molecule has 0 unspecified atom stereocenters. The number of nitrogens with two attached hydrogens (primary N) is 1. The molecule has 1 amide bonds. The Hall–Kier alpha value is -3.37. The van der Waals surface area contributed by atoms with Crippen molar-refractivity contribution in [2.24, 2.45) is 5.92 Å². The van der Waals surface area contributed by atoms with Crippen LogP contribution in [-0.4, -0.2) is 67.7 Å². The molecule has 3 N–H and O–H groups in total. The molecule has 3 heterocycles. The third kappa shape index (κ3) is 5.42. The van der Waals surface area contributed by atoms with Gasteiger partial charge in [-0.2, -0.15) is 4.98 Å². The number of piperazine rings is 1. The van der Waals surface area contributed by atoms with Gasteiger partial charge >= 0.3 is 0 Å². The Morgan fingerprint density at radius 2 is 1.97 bits per heavy atom. The molecule has 204 valence electrons. The second-order valence-corrected chi connectivity index (χ2v) is 9.61. The zero-order valence-corrected chi connectivity index (χ0v) is 22.5. The lowest BCUT2D eigenvalue weighted by molar-refractivity contribution is -0.133. The topological polar surface area (TPSA) is 106 Å². The third-order valence-corrected chi connectivity index (χ3v) is 7.33. The lowest BCUT2D eigenvalue weighted by Crippen LogP contribution is -2.51. The van der Waals surface area contributed by atoms with Crippen molar-refractivity contribution in [3.8, 4) is 11.5 Å². The first-order chi connectivity index (χ1) is 18.0. The maximum atomic E-state index is 15.4. The number of ether oxygens (including phenoxy) is 2. The van der Waals surface area contributed by atoms with Crippen molar-refractivity contribution in [3.63, 3.8) is 0 Å². The van der Waals surface area contributed by atoms with Crippen LogP contribution in [0.1, 0.15) is 30.9 Å². The second kappa shape index (κ2) is 12.0. The maximum absolute atomic E-state index is 15.4. The highest BCUT2D eigenvalue weighted by Crippen LogP contribution is 2.39. The summed E-state index contributed by atoms with van der Waals surface area (Å²) in [6.45, 7) is 3.41. The van der Waals surface area contributed by atoms with Gasteiger partial charge in [0.1, 0.15) is 11.3 Å². The number of anilines is 2. The van der Waals surface area contributed by atoms with Crippen molar-refractivity contribution in [3.05, 3.63) is 47.8 Å². The van der Waals surface area contributed by atoms with Crippen LogP contribution in [0.4, 0.5) is 16.2 Å². The minimum absolute atomic E-state index is 0. The Morgan fingerprint density at radius 1 is 1.18 bits per heavy atom. The molecule has 2 atom stereocenters. The van der Waals surface area contributed by atoms with Gasteiger partial charge in [-0.1, -0.05) is 30.3 Å². The normalized spacial score (nSPS) is 19.7. The van der Waals surface area contributed by atoms with Gasteiger partial charge in [0.05, 0.1) is 20.3 Å². The highest BCUT2D eigenvalue weighted by Gasteiger charge is 2.34. The summed E-state index contributed by atoms with van der Waals surface area (Å²) in [5.74, 6) is 0.523. The van der Waals surface area contributed by atoms with Gasteiger partial charge in [-0.25, -0.2) is 9.37 Å². The Morgan fingerprint density at radius 3 is 2.66 bits per heavy atom. The van der Waals surface area contributed by atoms with Gasteiger partial charge in [0, 0.05) is 31.4 Å². The van der Waals surface area contributed by atoms with E-state index < -0.39 is 5.82 Å². The quantitative estimate of drug-likeness (QED) is 0.485.